The molecule has 1 fully saturated rings. The van der Waals surface area contributed by atoms with Gasteiger partial charge >= 0.3 is 0 Å². The lowest BCUT2D eigenvalue weighted by Crippen LogP contribution is -2.12. The van der Waals surface area contributed by atoms with E-state index in [0.717, 1.165) is 23.6 Å². The Kier molecular flexibility index (Phi) is 5.12. The molecule has 1 aromatic heterocycles. The van der Waals surface area contributed by atoms with Crippen LogP contribution in [0.25, 0.3) is 0 Å². The number of aryl methyl sites for hydroxylation is 1. The minimum atomic E-state index is 0.571. The van der Waals surface area contributed by atoms with E-state index in [1.807, 2.05) is 0 Å². The standard InChI is InChI=1S/C15H25N3/c1-12-11-14(9-10-16)18-15(17-12)13-7-5-3-2-4-6-8-13/h11,13H,2-10,16H2,1H3. The molecule has 0 bridgehead atoms. The van der Waals surface area contributed by atoms with Gasteiger partial charge in [0.25, 0.3) is 0 Å². The molecule has 0 spiro atoms. The van der Waals surface area contributed by atoms with Crippen molar-refractivity contribution < 1.29 is 0 Å². The lowest BCUT2D eigenvalue weighted by Gasteiger charge is -2.19. The van der Waals surface area contributed by atoms with E-state index in [2.05, 4.69) is 18.0 Å². The summed E-state index contributed by atoms with van der Waals surface area (Å²) in [5.74, 6) is 1.64. The van der Waals surface area contributed by atoms with Gasteiger partial charge in [0.1, 0.15) is 5.82 Å². The molecule has 1 aromatic rings. The van der Waals surface area contributed by atoms with E-state index in [-0.39, 0.29) is 0 Å². The third kappa shape index (κ3) is 3.77. The first-order valence-corrected chi connectivity index (χ1v) is 7.34. The van der Waals surface area contributed by atoms with Crippen LogP contribution in [-0.2, 0) is 6.42 Å². The lowest BCUT2D eigenvalue weighted by molar-refractivity contribution is 0.441. The highest BCUT2D eigenvalue weighted by Gasteiger charge is 2.17. The molecule has 100 valence electrons. The number of nitrogens with two attached hydrogens (primary N) is 1. The van der Waals surface area contributed by atoms with Crippen molar-refractivity contribution in [1.82, 2.24) is 9.97 Å². The van der Waals surface area contributed by atoms with E-state index in [1.54, 1.807) is 0 Å². The van der Waals surface area contributed by atoms with Crippen molar-refractivity contribution in [2.75, 3.05) is 6.54 Å². The molecule has 0 aliphatic heterocycles. The second-order valence-corrected chi connectivity index (χ2v) is 5.44. The third-order valence-corrected chi connectivity index (χ3v) is 3.80. The molecule has 3 nitrogen and oxygen atoms in total. The molecule has 1 aliphatic carbocycles. The van der Waals surface area contributed by atoms with Crippen molar-refractivity contribution >= 4 is 0 Å². The van der Waals surface area contributed by atoms with Crippen LogP contribution in [0, 0.1) is 6.92 Å². The Hall–Kier alpha value is -0.960. The lowest BCUT2D eigenvalue weighted by atomic mass is 9.90. The molecule has 1 saturated carbocycles. The Morgan fingerprint density at radius 1 is 1.11 bits per heavy atom. The average molecular weight is 247 g/mol. The van der Waals surface area contributed by atoms with Crippen LogP contribution in [0.5, 0.6) is 0 Å². The molecule has 2 rings (SSSR count). The predicted molar refractivity (Wildman–Crippen MR) is 74.6 cm³/mol. The Morgan fingerprint density at radius 3 is 2.44 bits per heavy atom. The number of aromatic nitrogens is 2. The summed E-state index contributed by atoms with van der Waals surface area (Å²) in [6.45, 7) is 2.73. The largest absolute Gasteiger partial charge is 0.330 e. The molecule has 0 atom stereocenters. The van der Waals surface area contributed by atoms with Crippen LogP contribution in [0.4, 0.5) is 0 Å². The van der Waals surface area contributed by atoms with E-state index >= 15 is 0 Å². The maximum Gasteiger partial charge on any atom is 0.131 e. The van der Waals surface area contributed by atoms with E-state index < -0.39 is 0 Å². The van der Waals surface area contributed by atoms with Gasteiger partial charge in [-0.15, -0.1) is 0 Å². The SMILES string of the molecule is Cc1cc(CCN)nc(C2CCCCCCC2)n1. The highest BCUT2D eigenvalue weighted by atomic mass is 14.9. The maximum atomic E-state index is 5.62. The van der Waals surface area contributed by atoms with Crippen molar-refractivity contribution in [2.45, 2.75) is 64.2 Å². The third-order valence-electron chi connectivity index (χ3n) is 3.80. The van der Waals surface area contributed by atoms with Gasteiger partial charge in [-0.25, -0.2) is 9.97 Å². The van der Waals surface area contributed by atoms with Crippen molar-refractivity contribution in [3.63, 3.8) is 0 Å². The zero-order valence-electron chi connectivity index (χ0n) is 11.5. The van der Waals surface area contributed by atoms with Gasteiger partial charge in [0.2, 0.25) is 0 Å². The summed E-state index contributed by atoms with van der Waals surface area (Å²) in [6, 6.07) is 2.07. The molecule has 0 saturated heterocycles. The number of hydrogen-bond acceptors (Lipinski definition) is 3. The van der Waals surface area contributed by atoms with Crippen LogP contribution in [-0.4, -0.2) is 16.5 Å². The fourth-order valence-corrected chi connectivity index (χ4v) is 2.83. The van der Waals surface area contributed by atoms with Crippen LogP contribution in [0.15, 0.2) is 6.07 Å². The van der Waals surface area contributed by atoms with E-state index in [0.29, 0.717) is 12.5 Å². The minimum absolute atomic E-state index is 0.571. The van der Waals surface area contributed by atoms with Gasteiger partial charge in [-0.2, -0.15) is 0 Å². The van der Waals surface area contributed by atoms with Crippen molar-refractivity contribution in [3.8, 4) is 0 Å². The van der Waals surface area contributed by atoms with Gasteiger partial charge in [-0.1, -0.05) is 32.1 Å². The Morgan fingerprint density at radius 2 is 1.78 bits per heavy atom. The first-order valence-electron chi connectivity index (χ1n) is 7.34. The summed E-state index contributed by atoms with van der Waals surface area (Å²) in [6.07, 6.45) is 10.2. The van der Waals surface area contributed by atoms with Crippen LogP contribution in [0.2, 0.25) is 0 Å². The molecule has 0 radical (unpaired) electrons. The second kappa shape index (κ2) is 6.83. The Balaban J connectivity index is 2.14. The van der Waals surface area contributed by atoms with Gasteiger partial charge < -0.3 is 5.73 Å². The zero-order valence-corrected chi connectivity index (χ0v) is 11.5. The molecule has 2 N–H and O–H groups in total. The molecule has 0 unspecified atom stereocenters. The molecule has 18 heavy (non-hydrogen) atoms. The molecular formula is C15H25N3. The fraction of sp³-hybridized carbons (Fsp3) is 0.733. The minimum Gasteiger partial charge on any atom is -0.330 e. The second-order valence-electron chi connectivity index (χ2n) is 5.44. The van der Waals surface area contributed by atoms with Crippen LogP contribution in [0.1, 0.15) is 68.1 Å². The normalized spacial score (nSPS) is 18.3. The number of nitrogens with zero attached hydrogens (tertiary/aromatic N) is 2. The van der Waals surface area contributed by atoms with Crippen LogP contribution in [0.3, 0.4) is 0 Å². The molecular weight excluding hydrogens is 222 g/mol. The summed E-state index contributed by atoms with van der Waals surface area (Å²) < 4.78 is 0. The Bertz CT molecular complexity index is 368. The fourth-order valence-electron chi connectivity index (χ4n) is 2.83. The maximum absolute atomic E-state index is 5.62. The topological polar surface area (TPSA) is 51.8 Å². The summed E-state index contributed by atoms with van der Waals surface area (Å²) in [5, 5.41) is 0. The summed E-state index contributed by atoms with van der Waals surface area (Å²) in [5.41, 5.74) is 7.83. The van der Waals surface area contributed by atoms with Gasteiger partial charge in [-0.3, -0.25) is 0 Å². The van der Waals surface area contributed by atoms with Gasteiger partial charge in [0.05, 0.1) is 0 Å². The smallest absolute Gasteiger partial charge is 0.131 e. The molecule has 3 heteroatoms. The predicted octanol–water partition coefficient (Wildman–Crippen LogP) is 3.11. The van der Waals surface area contributed by atoms with Crippen LogP contribution >= 0.6 is 0 Å². The van der Waals surface area contributed by atoms with Gasteiger partial charge in [0.15, 0.2) is 0 Å². The number of rotatable bonds is 3. The van der Waals surface area contributed by atoms with Gasteiger partial charge in [-0.05, 0) is 32.4 Å². The molecule has 1 aliphatic rings. The van der Waals surface area contributed by atoms with Crippen molar-refractivity contribution in [2.24, 2.45) is 5.73 Å². The molecule has 0 amide bonds. The van der Waals surface area contributed by atoms with E-state index in [4.69, 9.17) is 10.7 Å². The average Bonchev–Trinajstić information content (AvgIpc) is 2.27. The summed E-state index contributed by atoms with van der Waals surface area (Å²) >= 11 is 0. The summed E-state index contributed by atoms with van der Waals surface area (Å²) in [4.78, 5) is 9.39. The highest BCUT2D eigenvalue weighted by Crippen LogP contribution is 2.29. The molecule has 1 heterocycles. The summed E-state index contributed by atoms with van der Waals surface area (Å²) in [7, 11) is 0. The number of hydrogen-bond donors (Lipinski definition) is 1. The Labute approximate surface area is 110 Å². The monoisotopic (exact) mass is 247 g/mol. The zero-order chi connectivity index (χ0) is 12.8. The highest BCUT2D eigenvalue weighted by molar-refractivity contribution is 5.12. The first-order chi connectivity index (χ1) is 8.79. The van der Waals surface area contributed by atoms with E-state index in [9.17, 15) is 0 Å². The molecule has 0 aromatic carbocycles. The van der Waals surface area contributed by atoms with Crippen molar-refractivity contribution in [3.05, 3.63) is 23.3 Å². The quantitative estimate of drug-likeness (QED) is 0.893. The van der Waals surface area contributed by atoms with Crippen molar-refractivity contribution in [1.29, 1.82) is 0 Å². The van der Waals surface area contributed by atoms with Gasteiger partial charge in [0, 0.05) is 23.7 Å². The van der Waals surface area contributed by atoms with E-state index in [1.165, 1.54) is 44.9 Å². The first kappa shape index (κ1) is 13.5. The van der Waals surface area contributed by atoms with Crippen LogP contribution < -0.4 is 5.73 Å².